The topological polar surface area (TPSA) is 91.4 Å². The summed E-state index contributed by atoms with van der Waals surface area (Å²) < 4.78 is 5.58. The highest BCUT2D eigenvalue weighted by Crippen LogP contribution is 2.25. The molecule has 1 heterocycles. The highest BCUT2D eigenvalue weighted by Gasteiger charge is 2.31. The molecule has 28 heavy (non-hydrogen) atoms. The summed E-state index contributed by atoms with van der Waals surface area (Å²) in [6.07, 6.45) is 0.725. The van der Waals surface area contributed by atoms with Crippen LogP contribution in [-0.4, -0.2) is 40.7 Å². The van der Waals surface area contributed by atoms with Crippen LogP contribution >= 0.6 is 11.6 Å². The number of fused-ring (bicyclic) bond motifs is 2. The largest absolute Gasteiger partial charge is 0.480 e. The number of hydrogen-bond acceptors (Lipinski definition) is 3. The second kappa shape index (κ2) is 7.66. The van der Waals surface area contributed by atoms with Crippen molar-refractivity contribution in [1.82, 2.24) is 10.3 Å². The van der Waals surface area contributed by atoms with E-state index < -0.39 is 18.7 Å². The monoisotopic (exact) mass is 398 g/mol. The predicted octanol–water partition coefficient (Wildman–Crippen LogP) is 3.19. The fraction of sp³-hybridized carbons (Fsp3) is 0.238. The van der Waals surface area contributed by atoms with Crippen molar-refractivity contribution in [2.75, 3.05) is 6.61 Å². The van der Waals surface area contributed by atoms with E-state index in [4.69, 9.17) is 21.4 Å². The summed E-state index contributed by atoms with van der Waals surface area (Å²) in [6.45, 7) is -0.399. The first kappa shape index (κ1) is 18.5. The Morgan fingerprint density at radius 3 is 2.64 bits per heavy atom. The minimum absolute atomic E-state index is 0.263. The molecule has 6 nitrogen and oxygen atoms in total. The van der Waals surface area contributed by atoms with Crippen LogP contribution in [0.3, 0.4) is 0 Å². The molecule has 1 aliphatic carbocycles. The number of carboxylic acids is 1. The smallest absolute Gasteiger partial charge is 0.329 e. The molecular weight excluding hydrogens is 380 g/mol. The molecule has 1 unspecified atom stereocenters. The van der Waals surface area contributed by atoms with Gasteiger partial charge < -0.3 is 20.1 Å². The van der Waals surface area contributed by atoms with Gasteiger partial charge >= 0.3 is 5.97 Å². The lowest BCUT2D eigenvalue weighted by Gasteiger charge is -2.33. The summed E-state index contributed by atoms with van der Waals surface area (Å²) >= 11 is 6.01. The molecule has 2 aromatic carbocycles. The normalized spacial score (nSPS) is 18.6. The SMILES string of the molecule is O=C(O)CO[C@@H]1Cc2ccccc2CC1NC(=O)c1cc2cc(Cl)ccc2[nH]1. The highest BCUT2D eigenvalue weighted by molar-refractivity contribution is 6.31. The average Bonchev–Trinajstić information content (AvgIpc) is 3.09. The van der Waals surface area contributed by atoms with Gasteiger partial charge in [-0.1, -0.05) is 35.9 Å². The van der Waals surface area contributed by atoms with Crippen molar-refractivity contribution in [2.45, 2.75) is 25.0 Å². The van der Waals surface area contributed by atoms with Crippen LogP contribution in [0.25, 0.3) is 10.9 Å². The number of aromatic amines is 1. The number of rotatable bonds is 5. The Morgan fingerprint density at radius 1 is 1.14 bits per heavy atom. The molecule has 0 saturated carbocycles. The first-order chi connectivity index (χ1) is 13.5. The first-order valence-corrected chi connectivity index (χ1v) is 9.37. The van der Waals surface area contributed by atoms with Crippen molar-refractivity contribution in [2.24, 2.45) is 0 Å². The number of benzene rings is 2. The second-order valence-electron chi connectivity index (χ2n) is 6.91. The van der Waals surface area contributed by atoms with Gasteiger partial charge in [0.1, 0.15) is 12.3 Å². The second-order valence-corrected chi connectivity index (χ2v) is 7.35. The third-order valence-electron chi connectivity index (χ3n) is 4.99. The van der Waals surface area contributed by atoms with Gasteiger partial charge in [0, 0.05) is 22.3 Å². The number of aliphatic carboxylic acids is 1. The third kappa shape index (κ3) is 3.88. The van der Waals surface area contributed by atoms with Crippen LogP contribution in [0, 0.1) is 0 Å². The molecule has 3 N–H and O–H groups in total. The molecule has 7 heteroatoms. The zero-order valence-electron chi connectivity index (χ0n) is 14.9. The van der Waals surface area contributed by atoms with Crippen LogP contribution in [0.15, 0.2) is 48.5 Å². The maximum Gasteiger partial charge on any atom is 0.329 e. The number of hydrogen-bond donors (Lipinski definition) is 3. The van der Waals surface area contributed by atoms with E-state index in [-0.39, 0.29) is 11.9 Å². The number of carbonyl (C=O) groups excluding carboxylic acids is 1. The molecule has 3 aromatic rings. The summed E-state index contributed by atoms with van der Waals surface area (Å²) in [5.41, 5.74) is 3.49. The van der Waals surface area contributed by atoms with E-state index in [2.05, 4.69) is 10.3 Å². The number of carbonyl (C=O) groups is 2. The van der Waals surface area contributed by atoms with Gasteiger partial charge in [0.05, 0.1) is 12.1 Å². The van der Waals surface area contributed by atoms with Gasteiger partial charge in [-0.3, -0.25) is 4.79 Å². The molecular formula is C21H19ClN2O4. The van der Waals surface area contributed by atoms with E-state index in [1.165, 1.54) is 0 Å². The van der Waals surface area contributed by atoms with E-state index in [1.807, 2.05) is 30.3 Å². The number of halogens is 1. The van der Waals surface area contributed by atoms with E-state index in [0.717, 1.165) is 22.0 Å². The Labute approximate surface area is 166 Å². The fourth-order valence-corrected chi connectivity index (χ4v) is 3.83. The van der Waals surface area contributed by atoms with Crippen molar-refractivity contribution in [1.29, 1.82) is 0 Å². The van der Waals surface area contributed by atoms with Crippen LogP contribution in [0.4, 0.5) is 0 Å². The molecule has 0 aliphatic heterocycles. The molecule has 0 saturated heterocycles. The Bertz CT molecular complexity index is 1050. The molecule has 0 fully saturated rings. The molecule has 4 rings (SSSR count). The number of nitrogens with one attached hydrogen (secondary N) is 2. The summed E-state index contributed by atoms with van der Waals surface area (Å²) in [6, 6.07) is 14.7. The molecule has 144 valence electrons. The van der Waals surface area contributed by atoms with Crippen LogP contribution in [-0.2, 0) is 22.4 Å². The number of carboxylic acid groups (broad SMARTS) is 1. The van der Waals surface area contributed by atoms with Crippen molar-refractivity contribution >= 4 is 34.4 Å². The minimum Gasteiger partial charge on any atom is -0.480 e. The molecule has 1 aromatic heterocycles. The minimum atomic E-state index is -1.03. The quantitative estimate of drug-likeness (QED) is 0.615. The van der Waals surface area contributed by atoms with Crippen LogP contribution < -0.4 is 5.32 Å². The maximum absolute atomic E-state index is 12.8. The van der Waals surface area contributed by atoms with E-state index in [9.17, 15) is 9.59 Å². The number of ether oxygens (including phenoxy) is 1. The highest BCUT2D eigenvalue weighted by atomic mass is 35.5. The zero-order chi connectivity index (χ0) is 19.7. The first-order valence-electron chi connectivity index (χ1n) is 8.99. The van der Waals surface area contributed by atoms with Gasteiger partial charge in [-0.15, -0.1) is 0 Å². The van der Waals surface area contributed by atoms with Crippen molar-refractivity contribution < 1.29 is 19.4 Å². The Morgan fingerprint density at radius 2 is 1.89 bits per heavy atom. The summed E-state index contributed by atoms with van der Waals surface area (Å²) in [7, 11) is 0. The maximum atomic E-state index is 12.8. The number of aromatic nitrogens is 1. The van der Waals surface area contributed by atoms with E-state index in [1.54, 1.807) is 18.2 Å². The fourth-order valence-electron chi connectivity index (χ4n) is 3.65. The molecule has 0 radical (unpaired) electrons. The summed E-state index contributed by atoms with van der Waals surface area (Å²) in [5, 5.41) is 13.4. The third-order valence-corrected chi connectivity index (χ3v) is 5.23. The van der Waals surface area contributed by atoms with Gasteiger partial charge in [-0.2, -0.15) is 0 Å². The lowest BCUT2D eigenvalue weighted by atomic mass is 9.86. The Hall–Kier alpha value is -2.83. The zero-order valence-corrected chi connectivity index (χ0v) is 15.7. The molecule has 1 amide bonds. The number of amides is 1. The predicted molar refractivity (Wildman–Crippen MR) is 106 cm³/mol. The van der Waals surface area contributed by atoms with Crippen molar-refractivity contribution in [3.8, 4) is 0 Å². The molecule has 0 bridgehead atoms. The Balaban J connectivity index is 1.55. The van der Waals surface area contributed by atoms with Crippen molar-refractivity contribution in [3.05, 3.63) is 70.4 Å². The average molecular weight is 399 g/mol. The Kier molecular flexibility index (Phi) is 5.07. The van der Waals surface area contributed by atoms with Gasteiger partial charge in [-0.25, -0.2) is 4.79 Å². The molecule has 1 aliphatic rings. The molecule has 2 atom stereocenters. The summed E-state index contributed by atoms with van der Waals surface area (Å²) in [4.78, 5) is 26.8. The van der Waals surface area contributed by atoms with Gasteiger partial charge in [0.15, 0.2) is 0 Å². The van der Waals surface area contributed by atoms with E-state index >= 15 is 0 Å². The van der Waals surface area contributed by atoms with Crippen LogP contribution in [0.2, 0.25) is 5.02 Å². The van der Waals surface area contributed by atoms with Crippen LogP contribution in [0.5, 0.6) is 0 Å². The van der Waals surface area contributed by atoms with Gasteiger partial charge in [0.25, 0.3) is 5.91 Å². The van der Waals surface area contributed by atoms with Crippen LogP contribution in [0.1, 0.15) is 21.6 Å². The van der Waals surface area contributed by atoms with Gasteiger partial charge in [-0.05, 0) is 41.8 Å². The number of H-pyrrole nitrogens is 1. The lowest BCUT2D eigenvalue weighted by molar-refractivity contribution is -0.145. The standard InChI is InChI=1S/C21H19ClN2O4/c22-15-5-6-16-14(7-15)9-18(23-16)21(27)24-17-8-12-3-1-2-4-13(12)10-19(17)28-11-20(25)26/h1-7,9,17,19,23H,8,10-11H2,(H,24,27)(H,25,26)/t17?,19-/m1/s1. The molecule has 0 spiro atoms. The van der Waals surface area contributed by atoms with E-state index in [0.29, 0.717) is 23.6 Å². The van der Waals surface area contributed by atoms with Crippen molar-refractivity contribution in [3.63, 3.8) is 0 Å². The van der Waals surface area contributed by atoms with Gasteiger partial charge in [0.2, 0.25) is 0 Å². The lowest BCUT2D eigenvalue weighted by Crippen LogP contribution is -2.49. The summed E-state index contributed by atoms with van der Waals surface area (Å²) in [5.74, 6) is -1.29.